The molecule has 0 aliphatic rings. The summed E-state index contributed by atoms with van der Waals surface area (Å²) >= 11 is 0. The zero-order valence-corrected chi connectivity index (χ0v) is 11.1. The molecule has 0 fully saturated rings. The Labute approximate surface area is 118 Å². The van der Waals surface area contributed by atoms with Crippen LogP contribution < -0.4 is 0 Å². The van der Waals surface area contributed by atoms with E-state index in [-0.39, 0.29) is 5.69 Å². The van der Waals surface area contributed by atoms with Crippen molar-refractivity contribution in [3.05, 3.63) is 52.6 Å². The van der Waals surface area contributed by atoms with E-state index in [1.807, 2.05) is 35.9 Å². The number of aromatic nitrogens is 3. The van der Waals surface area contributed by atoms with Gasteiger partial charge in [-0.1, -0.05) is 18.2 Å². The first kappa shape index (κ1) is 11.8. The molecule has 0 aliphatic heterocycles. The second-order valence-electron chi connectivity index (χ2n) is 4.90. The van der Waals surface area contributed by atoms with E-state index in [1.165, 1.54) is 12.1 Å². The van der Waals surface area contributed by atoms with E-state index in [4.69, 9.17) is 0 Å². The highest BCUT2D eigenvalue weighted by Gasteiger charge is 2.13. The van der Waals surface area contributed by atoms with E-state index in [1.54, 1.807) is 6.07 Å². The molecule has 6 heteroatoms. The van der Waals surface area contributed by atoms with Crippen molar-refractivity contribution in [1.82, 2.24) is 14.5 Å². The Kier molecular flexibility index (Phi) is 2.24. The van der Waals surface area contributed by atoms with Crippen LogP contribution in [0, 0.1) is 10.1 Å². The molecule has 0 aliphatic carbocycles. The van der Waals surface area contributed by atoms with Crippen molar-refractivity contribution in [2.24, 2.45) is 7.05 Å². The summed E-state index contributed by atoms with van der Waals surface area (Å²) in [6.45, 7) is 0. The predicted octanol–water partition coefficient (Wildman–Crippen LogP) is 3.18. The Balaban J connectivity index is 2.17. The van der Waals surface area contributed by atoms with Gasteiger partial charge in [-0.15, -0.1) is 0 Å². The summed E-state index contributed by atoms with van der Waals surface area (Å²) in [5.41, 5.74) is 3.79. The Bertz CT molecular complexity index is 1040. The monoisotopic (exact) mass is 278 g/mol. The molecule has 2 heterocycles. The number of hydrogen-bond donors (Lipinski definition) is 0. The van der Waals surface area contributed by atoms with Crippen LogP contribution in [0.25, 0.3) is 33.1 Å². The van der Waals surface area contributed by atoms with Crippen molar-refractivity contribution in [1.29, 1.82) is 0 Å². The van der Waals surface area contributed by atoms with Gasteiger partial charge < -0.3 is 4.57 Å². The van der Waals surface area contributed by atoms with Crippen molar-refractivity contribution in [2.45, 2.75) is 0 Å². The topological polar surface area (TPSA) is 73.8 Å². The molecule has 0 amide bonds. The van der Waals surface area contributed by atoms with Gasteiger partial charge in [0.2, 0.25) is 0 Å². The van der Waals surface area contributed by atoms with Gasteiger partial charge in [0.15, 0.2) is 5.65 Å². The number of nitro groups is 1. The second-order valence-corrected chi connectivity index (χ2v) is 4.90. The van der Waals surface area contributed by atoms with Gasteiger partial charge in [-0.05, 0) is 12.1 Å². The van der Waals surface area contributed by atoms with Crippen LogP contribution in [0.1, 0.15) is 0 Å². The van der Waals surface area contributed by atoms with Crippen LogP contribution in [0.3, 0.4) is 0 Å². The molecule has 0 spiro atoms. The summed E-state index contributed by atoms with van der Waals surface area (Å²) in [5.74, 6) is 0. The normalized spacial score (nSPS) is 11.5. The minimum atomic E-state index is -0.422. The number of hydrogen-bond acceptors (Lipinski definition) is 4. The van der Waals surface area contributed by atoms with Crippen LogP contribution in [0.15, 0.2) is 42.5 Å². The second kappa shape index (κ2) is 3.99. The Morgan fingerprint density at radius 2 is 1.90 bits per heavy atom. The molecular weight excluding hydrogens is 268 g/mol. The zero-order chi connectivity index (χ0) is 14.6. The van der Waals surface area contributed by atoms with Crippen molar-refractivity contribution >= 4 is 38.8 Å². The van der Waals surface area contributed by atoms with Gasteiger partial charge in [0.25, 0.3) is 5.69 Å². The average Bonchev–Trinajstić information content (AvgIpc) is 2.78. The molecule has 0 atom stereocenters. The van der Waals surface area contributed by atoms with Gasteiger partial charge in [0, 0.05) is 24.6 Å². The van der Waals surface area contributed by atoms with Gasteiger partial charge >= 0.3 is 0 Å². The van der Waals surface area contributed by atoms with Crippen molar-refractivity contribution in [3.63, 3.8) is 0 Å². The third-order valence-electron chi connectivity index (χ3n) is 3.68. The molecule has 21 heavy (non-hydrogen) atoms. The lowest BCUT2D eigenvalue weighted by atomic mass is 10.2. The lowest BCUT2D eigenvalue weighted by Gasteiger charge is -1.99. The maximum absolute atomic E-state index is 10.9. The van der Waals surface area contributed by atoms with Crippen LogP contribution in [0.5, 0.6) is 0 Å². The first-order valence-corrected chi connectivity index (χ1v) is 6.44. The highest BCUT2D eigenvalue weighted by molar-refractivity contribution is 6.06. The van der Waals surface area contributed by atoms with Crippen LogP contribution in [0.4, 0.5) is 5.69 Å². The van der Waals surface area contributed by atoms with Gasteiger partial charge in [-0.3, -0.25) is 10.1 Å². The molecule has 2 aromatic heterocycles. The Morgan fingerprint density at radius 3 is 2.71 bits per heavy atom. The summed E-state index contributed by atoms with van der Waals surface area (Å²) in [7, 11) is 1.94. The Morgan fingerprint density at radius 1 is 1.10 bits per heavy atom. The fourth-order valence-electron chi connectivity index (χ4n) is 2.64. The molecule has 0 saturated carbocycles. The molecule has 0 N–H and O–H groups in total. The summed E-state index contributed by atoms with van der Waals surface area (Å²) in [4.78, 5) is 19.6. The first-order valence-electron chi connectivity index (χ1n) is 6.44. The zero-order valence-electron chi connectivity index (χ0n) is 11.1. The molecule has 0 bridgehead atoms. The summed E-state index contributed by atoms with van der Waals surface area (Å²) in [6, 6.07) is 12.4. The van der Waals surface area contributed by atoms with E-state index in [9.17, 15) is 10.1 Å². The number of rotatable bonds is 1. The third-order valence-corrected chi connectivity index (χ3v) is 3.68. The SMILES string of the molecule is Cn1c2ccccc2c2nc3cc([N+](=O)[O-])ccc3nc21. The van der Waals surface area contributed by atoms with Gasteiger partial charge in [0.05, 0.1) is 21.5 Å². The maximum atomic E-state index is 10.9. The number of para-hydroxylation sites is 1. The standard InChI is InChI=1S/C15H10N4O2/c1-18-13-5-3-2-4-10(13)14-15(18)17-11-7-6-9(19(20)21)8-12(11)16-14/h2-8H,1H3. The van der Waals surface area contributed by atoms with Crippen LogP contribution in [-0.2, 0) is 7.05 Å². The fraction of sp³-hybridized carbons (Fsp3) is 0.0667. The minimum absolute atomic E-state index is 0.0244. The molecule has 0 radical (unpaired) electrons. The van der Waals surface area contributed by atoms with Crippen LogP contribution >= 0.6 is 0 Å². The van der Waals surface area contributed by atoms with E-state index in [0.717, 1.165) is 22.1 Å². The molecule has 4 aromatic rings. The molecule has 0 saturated heterocycles. The molecule has 6 nitrogen and oxygen atoms in total. The number of nitro benzene ring substituents is 1. The fourth-order valence-corrected chi connectivity index (χ4v) is 2.64. The number of nitrogens with zero attached hydrogens (tertiary/aromatic N) is 4. The van der Waals surface area contributed by atoms with E-state index in [2.05, 4.69) is 9.97 Å². The smallest absolute Gasteiger partial charge is 0.271 e. The van der Waals surface area contributed by atoms with E-state index in [0.29, 0.717) is 11.0 Å². The molecule has 2 aromatic carbocycles. The predicted molar refractivity (Wildman–Crippen MR) is 80.2 cm³/mol. The lowest BCUT2D eigenvalue weighted by Crippen LogP contribution is -1.93. The highest BCUT2D eigenvalue weighted by atomic mass is 16.6. The summed E-state index contributed by atoms with van der Waals surface area (Å²) < 4.78 is 1.98. The number of non-ortho nitro benzene ring substituents is 1. The van der Waals surface area contributed by atoms with Crippen molar-refractivity contribution in [2.75, 3.05) is 0 Å². The van der Waals surface area contributed by atoms with E-state index < -0.39 is 4.92 Å². The lowest BCUT2D eigenvalue weighted by molar-refractivity contribution is -0.384. The minimum Gasteiger partial charge on any atom is -0.327 e. The van der Waals surface area contributed by atoms with Crippen molar-refractivity contribution in [3.8, 4) is 0 Å². The van der Waals surface area contributed by atoms with Gasteiger partial charge in [0.1, 0.15) is 5.52 Å². The largest absolute Gasteiger partial charge is 0.327 e. The Hall–Kier alpha value is -3.02. The summed E-state index contributed by atoms with van der Waals surface area (Å²) in [5, 5.41) is 11.9. The number of fused-ring (bicyclic) bond motifs is 4. The van der Waals surface area contributed by atoms with Gasteiger partial charge in [-0.2, -0.15) is 0 Å². The molecule has 4 rings (SSSR count). The number of benzene rings is 2. The molecule has 0 unspecified atom stereocenters. The van der Waals surface area contributed by atoms with Crippen LogP contribution in [0.2, 0.25) is 0 Å². The molecule has 102 valence electrons. The first-order chi connectivity index (χ1) is 10.1. The molecular formula is C15H10N4O2. The highest BCUT2D eigenvalue weighted by Crippen LogP contribution is 2.28. The third kappa shape index (κ3) is 1.59. The number of aryl methyl sites for hydroxylation is 1. The average molecular weight is 278 g/mol. The van der Waals surface area contributed by atoms with Crippen LogP contribution in [-0.4, -0.2) is 19.5 Å². The maximum Gasteiger partial charge on any atom is 0.271 e. The van der Waals surface area contributed by atoms with Gasteiger partial charge in [-0.25, -0.2) is 9.97 Å². The summed E-state index contributed by atoms with van der Waals surface area (Å²) in [6.07, 6.45) is 0. The quantitative estimate of drug-likeness (QED) is 0.396. The van der Waals surface area contributed by atoms with E-state index >= 15 is 0 Å². The van der Waals surface area contributed by atoms with Crippen molar-refractivity contribution < 1.29 is 4.92 Å².